The van der Waals surface area contributed by atoms with Crippen LogP contribution in [-0.4, -0.2) is 40.4 Å². The standard InChI is InChI=1S/Al.Fe.Mg.Pu.5H. The number of hydrogen-bond acceptors (Lipinski definition) is 0. The molecule has 0 aliphatic heterocycles. The molecule has 0 amide bonds. The number of hydrogen-bond donors (Lipinski definition) is 0. The molecule has 0 aliphatic rings. The topological polar surface area (TPSA) is 0 Å². The second-order valence-corrected chi connectivity index (χ2v) is 0. The van der Waals surface area contributed by atoms with Gasteiger partial charge in [-0.2, -0.15) is 0 Å². The van der Waals surface area contributed by atoms with Crippen LogP contribution in [0, 0.1) is 29.2 Å². The van der Waals surface area contributed by atoms with Gasteiger partial charge < -0.3 is 0 Å². The van der Waals surface area contributed by atoms with Gasteiger partial charge in [-0.25, -0.2) is 0 Å². The quantitative estimate of drug-likeness (QED) is 0.437. The maximum Gasteiger partial charge on any atom is 0.316 e. The van der Waals surface area contributed by atoms with Crippen LogP contribution in [-0.2, 0) is 17.1 Å². The van der Waals surface area contributed by atoms with Crippen LogP contribution < -0.4 is 0 Å². The van der Waals surface area contributed by atoms with Gasteiger partial charge in [0.15, 0.2) is 17.4 Å². The smallest absolute Gasteiger partial charge is 0 e. The summed E-state index contributed by atoms with van der Waals surface area (Å²) in [7, 11) is 0. The Morgan fingerprint density at radius 2 is 1.00 bits per heavy atom. The van der Waals surface area contributed by atoms with Crippen molar-refractivity contribution in [2.75, 3.05) is 0 Å². The fourth-order valence-corrected chi connectivity index (χ4v) is 0. The van der Waals surface area contributed by atoms with E-state index in [0.29, 0.717) is 0 Å². The van der Waals surface area contributed by atoms with Gasteiger partial charge in [-0.3, -0.25) is 0 Å². The van der Waals surface area contributed by atoms with E-state index in [1.807, 2.05) is 0 Å². The van der Waals surface area contributed by atoms with E-state index in [1.165, 1.54) is 0 Å². The first-order valence-electron chi connectivity index (χ1n) is 0. The molecule has 0 unspecified atom stereocenters. The first-order chi connectivity index (χ1) is 0. The van der Waals surface area contributed by atoms with E-state index in [-0.39, 0.29) is 86.7 Å². The third kappa shape index (κ3) is 8.84. The van der Waals surface area contributed by atoms with Gasteiger partial charge in [0.25, 0.3) is 0 Å². The average molecular weight is 356 g/mol. The minimum atomic E-state index is 0. The van der Waals surface area contributed by atoms with Crippen molar-refractivity contribution >= 4 is 40.4 Å². The molecule has 0 atom stereocenters. The van der Waals surface area contributed by atoms with Gasteiger partial charge in [0.1, 0.15) is 0 Å². The molecule has 24 valence electrons. The Hall–Kier alpha value is 2.81. The van der Waals surface area contributed by atoms with Crippen LogP contribution in [0.25, 0.3) is 0 Å². The van der Waals surface area contributed by atoms with Gasteiger partial charge in [-0.05, 0) is 0 Å². The molecule has 0 heterocycles. The fraction of sp³-hybridized carbons (Fsp3) is 0. The van der Waals surface area contributed by atoms with Crippen molar-refractivity contribution in [1.82, 2.24) is 0 Å². The Bertz CT molecular complexity index is 8.00. The maximum absolute atomic E-state index is 0. The molecule has 0 spiro atoms. The van der Waals surface area contributed by atoms with E-state index >= 15 is 0 Å². The van der Waals surface area contributed by atoms with Gasteiger partial charge in [-0.1, -0.05) is 0 Å². The second-order valence-electron chi connectivity index (χ2n) is 0. The third-order valence-electron chi connectivity index (χ3n) is 0. The Labute approximate surface area is 85.2 Å². The van der Waals surface area contributed by atoms with E-state index in [0.717, 1.165) is 0 Å². The molecule has 0 bridgehead atoms. The van der Waals surface area contributed by atoms with Crippen LogP contribution in [0.3, 0.4) is 0 Å². The molecule has 0 nitrogen and oxygen atoms in total. The predicted octanol–water partition coefficient (Wildman–Crippen LogP) is -2.10. The molecule has 0 N–H and O–H groups in total. The van der Waals surface area contributed by atoms with Crippen LogP contribution in [0.5, 0.6) is 0 Å². The van der Waals surface area contributed by atoms with E-state index < -0.39 is 0 Å². The molecule has 4 heteroatoms. The van der Waals surface area contributed by atoms with Crippen molar-refractivity contribution in [3.05, 3.63) is 0 Å². The SMILES string of the molecule is [AlH3].[Fe].[MgH2].[Pu]. The summed E-state index contributed by atoms with van der Waals surface area (Å²) < 4.78 is 0. The Balaban J connectivity index is 0. The zero-order valence-corrected chi connectivity index (χ0v) is 5.27. The first-order valence-corrected chi connectivity index (χ1v) is 0. The predicted molar refractivity (Wildman–Crippen MR) is 18.5 cm³/mol. The van der Waals surface area contributed by atoms with Crippen LogP contribution >= 0.6 is 0 Å². The zero-order chi connectivity index (χ0) is 0. The van der Waals surface area contributed by atoms with Crippen LogP contribution in [0.2, 0.25) is 0 Å². The molecule has 0 saturated carbocycles. The van der Waals surface area contributed by atoms with Gasteiger partial charge >= 0.3 is 23.1 Å². The Morgan fingerprint density at radius 3 is 1.00 bits per heavy atom. The van der Waals surface area contributed by atoms with Gasteiger partial charge in [0.2, 0.25) is 0 Å². The van der Waals surface area contributed by atoms with Crippen molar-refractivity contribution in [3.63, 3.8) is 0 Å². The summed E-state index contributed by atoms with van der Waals surface area (Å²) in [4.78, 5) is 0. The molecule has 0 aromatic rings. The normalized spacial score (nSPS) is 0. The fourth-order valence-electron chi connectivity index (χ4n) is 0. The van der Waals surface area contributed by atoms with E-state index in [1.54, 1.807) is 0 Å². The molecule has 0 aromatic heterocycles. The average Bonchev–Trinajstić information content (AvgIpc) is 0. The molecule has 0 rings (SSSR count). The van der Waals surface area contributed by atoms with Gasteiger partial charge in [0.05, 0.1) is 0 Å². The summed E-state index contributed by atoms with van der Waals surface area (Å²) >= 11 is 0. The third-order valence-corrected chi connectivity index (χ3v) is 0. The van der Waals surface area contributed by atoms with E-state index in [2.05, 4.69) is 0 Å². The summed E-state index contributed by atoms with van der Waals surface area (Å²) in [5.41, 5.74) is 0. The van der Waals surface area contributed by atoms with Crippen molar-refractivity contribution in [2.45, 2.75) is 0 Å². The largest absolute Gasteiger partial charge is 0.316 e. The minimum Gasteiger partial charge on any atom is 0 e. The number of rotatable bonds is 0. The van der Waals surface area contributed by atoms with Crippen molar-refractivity contribution < 1.29 is 46.2 Å². The van der Waals surface area contributed by atoms with Crippen molar-refractivity contribution in [2.24, 2.45) is 0 Å². The molecular weight excluding hydrogens is 351 g/mol. The summed E-state index contributed by atoms with van der Waals surface area (Å²) in [5.74, 6) is 0. The van der Waals surface area contributed by atoms with Gasteiger partial charge in [-0.15, -0.1) is 0 Å². The Morgan fingerprint density at radius 1 is 1.00 bits per heavy atom. The first kappa shape index (κ1) is 29.1. The summed E-state index contributed by atoms with van der Waals surface area (Å²) in [6.45, 7) is 0. The van der Waals surface area contributed by atoms with E-state index in [4.69, 9.17) is 0 Å². The molecule has 0 aromatic carbocycles. The molecule has 0 aliphatic carbocycles. The van der Waals surface area contributed by atoms with Gasteiger partial charge in [0, 0.05) is 46.2 Å². The summed E-state index contributed by atoms with van der Waals surface area (Å²) in [5, 5.41) is 0. The van der Waals surface area contributed by atoms with Crippen molar-refractivity contribution in [1.29, 1.82) is 0 Å². The second kappa shape index (κ2) is 17.0. The van der Waals surface area contributed by atoms with E-state index in [9.17, 15) is 0 Å². The monoisotopic (exact) mass is 350 g/mol. The van der Waals surface area contributed by atoms with Crippen molar-refractivity contribution in [3.8, 4) is 0 Å². The Kier molecular flexibility index (Phi) is 124. The summed E-state index contributed by atoms with van der Waals surface area (Å²) in [6.07, 6.45) is 0. The zero-order valence-electron chi connectivity index (χ0n) is 0.762. The van der Waals surface area contributed by atoms with Crippen LogP contribution in [0.1, 0.15) is 0 Å². The molecule has 0 radical (unpaired) electrons. The molecular formula is H5AlFeMgPu. The van der Waals surface area contributed by atoms with Crippen LogP contribution in [0.15, 0.2) is 0 Å². The maximum atomic E-state index is 0. The summed E-state index contributed by atoms with van der Waals surface area (Å²) in [6, 6.07) is 0. The minimum absolute atomic E-state index is 0. The molecule has 4 heavy (non-hydrogen) atoms. The molecule has 0 fully saturated rings. The van der Waals surface area contributed by atoms with Crippen LogP contribution in [0.4, 0.5) is 0 Å². The molecule has 0 saturated heterocycles.